The molecule has 0 aliphatic carbocycles. The summed E-state index contributed by atoms with van der Waals surface area (Å²) in [5, 5.41) is 12.1. The van der Waals surface area contributed by atoms with Crippen molar-refractivity contribution in [1.82, 2.24) is 5.32 Å². The highest BCUT2D eigenvalue weighted by Gasteiger charge is 2.09. The standard InChI is InChI=1S/C23H45NO2/c1-3-5-6-7-8-9-10-11-12-13-14-15-16-17-18-20-23(26)24-22(21-25)19-4-2/h11-12,22,25H,3-10,13-21H2,1-2H3,(H,24,26)/b12-11-. The molecule has 154 valence electrons. The maximum absolute atomic E-state index is 11.8. The molecule has 0 aromatic rings. The highest BCUT2D eigenvalue weighted by Crippen LogP contribution is 2.10. The van der Waals surface area contributed by atoms with Crippen molar-refractivity contribution in [3.8, 4) is 0 Å². The summed E-state index contributed by atoms with van der Waals surface area (Å²) in [5.41, 5.74) is 0. The Morgan fingerprint density at radius 3 is 1.88 bits per heavy atom. The fraction of sp³-hybridized carbons (Fsp3) is 0.870. The lowest BCUT2D eigenvalue weighted by molar-refractivity contribution is -0.122. The first kappa shape index (κ1) is 25.2. The molecule has 0 saturated carbocycles. The van der Waals surface area contributed by atoms with Crippen molar-refractivity contribution in [2.24, 2.45) is 0 Å². The molecule has 0 aromatic carbocycles. The van der Waals surface area contributed by atoms with Crippen LogP contribution in [0.2, 0.25) is 0 Å². The first-order valence-corrected chi connectivity index (χ1v) is 11.3. The van der Waals surface area contributed by atoms with Crippen LogP contribution in [0.3, 0.4) is 0 Å². The van der Waals surface area contributed by atoms with Crippen molar-refractivity contribution in [2.75, 3.05) is 6.61 Å². The van der Waals surface area contributed by atoms with Crippen LogP contribution in [-0.2, 0) is 4.79 Å². The lowest BCUT2D eigenvalue weighted by atomic mass is 10.1. The molecule has 0 aliphatic heterocycles. The van der Waals surface area contributed by atoms with Gasteiger partial charge in [-0.15, -0.1) is 0 Å². The van der Waals surface area contributed by atoms with Gasteiger partial charge < -0.3 is 10.4 Å². The van der Waals surface area contributed by atoms with E-state index < -0.39 is 0 Å². The predicted octanol–water partition coefficient (Wildman–Crippen LogP) is 6.30. The fourth-order valence-electron chi connectivity index (χ4n) is 3.21. The lowest BCUT2D eigenvalue weighted by Crippen LogP contribution is -2.37. The van der Waals surface area contributed by atoms with E-state index in [1.165, 1.54) is 70.6 Å². The largest absolute Gasteiger partial charge is 0.394 e. The zero-order chi connectivity index (χ0) is 19.3. The SMILES string of the molecule is CCCCCCCC/C=C\CCCCCCCC(=O)NC(CO)CCC. The van der Waals surface area contributed by atoms with Crippen molar-refractivity contribution < 1.29 is 9.90 Å². The van der Waals surface area contributed by atoms with Gasteiger partial charge in [-0.3, -0.25) is 4.79 Å². The van der Waals surface area contributed by atoms with Crippen LogP contribution in [0.1, 0.15) is 117 Å². The minimum absolute atomic E-state index is 0.0476. The van der Waals surface area contributed by atoms with E-state index in [1.807, 2.05) is 0 Å². The van der Waals surface area contributed by atoms with Crippen LogP contribution >= 0.6 is 0 Å². The highest BCUT2D eigenvalue weighted by atomic mass is 16.3. The van der Waals surface area contributed by atoms with Crippen molar-refractivity contribution in [1.29, 1.82) is 0 Å². The number of hydrogen-bond donors (Lipinski definition) is 2. The normalized spacial score (nSPS) is 12.6. The third-order valence-electron chi connectivity index (χ3n) is 4.89. The number of unbranched alkanes of at least 4 members (excludes halogenated alkanes) is 11. The van der Waals surface area contributed by atoms with Gasteiger partial charge in [-0.05, 0) is 38.5 Å². The molecular weight excluding hydrogens is 322 g/mol. The first-order valence-electron chi connectivity index (χ1n) is 11.3. The molecule has 1 atom stereocenters. The number of carbonyl (C=O) groups is 1. The number of allylic oxidation sites excluding steroid dienone is 2. The van der Waals surface area contributed by atoms with E-state index in [1.54, 1.807) is 0 Å². The van der Waals surface area contributed by atoms with E-state index in [4.69, 9.17) is 0 Å². The number of hydrogen-bond acceptors (Lipinski definition) is 2. The number of carbonyl (C=O) groups excluding carboxylic acids is 1. The lowest BCUT2D eigenvalue weighted by Gasteiger charge is -2.15. The van der Waals surface area contributed by atoms with Crippen LogP contribution in [0.25, 0.3) is 0 Å². The summed E-state index contributed by atoms with van der Waals surface area (Å²) in [7, 11) is 0. The topological polar surface area (TPSA) is 49.3 Å². The summed E-state index contributed by atoms with van der Waals surface area (Å²) in [6, 6.07) is -0.0596. The summed E-state index contributed by atoms with van der Waals surface area (Å²) in [6.45, 7) is 4.38. The molecule has 3 nitrogen and oxygen atoms in total. The number of nitrogens with one attached hydrogen (secondary N) is 1. The predicted molar refractivity (Wildman–Crippen MR) is 113 cm³/mol. The number of rotatable bonds is 19. The molecular formula is C23H45NO2. The number of aliphatic hydroxyl groups excluding tert-OH is 1. The molecule has 26 heavy (non-hydrogen) atoms. The molecule has 0 spiro atoms. The van der Waals surface area contributed by atoms with Crippen molar-refractivity contribution in [2.45, 2.75) is 123 Å². The van der Waals surface area contributed by atoms with Crippen LogP contribution in [0, 0.1) is 0 Å². The average Bonchev–Trinajstić information content (AvgIpc) is 2.64. The van der Waals surface area contributed by atoms with E-state index in [2.05, 4.69) is 31.3 Å². The van der Waals surface area contributed by atoms with Gasteiger partial charge >= 0.3 is 0 Å². The van der Waals surface area contributed by atoms with Gasteiger partial charge in [0, 0.05) is 6.42 Å². The third-order valence-corrected chi connectivity index (χ3v) is 4.89. The zero-order valence-corrected chi connectivity index (χ0v) is 17.6. The molecule has 0 fully saturated rings. The van der Waals surface area contributed by atoms with Crippen LogP contribution in [0.5, 0.6) is 0 Å². The number of amides is 1. The summed E-state index contributed by atoms with van der Waals surface area (Å²) < 4.78 is 0. The quantitative estimate of drug-likeness (QED) is 0.208. The zero-order valence-electron chi connectivity index (χ0n) is 17.6. The van der Waals surface area contributed by atoms with E-state index >= 15 is 0 Å². The smallest absolute Gasteiger partial charge is 0.220 e. The molecule has 1 amide bonds. The van der Waals surface area contributed by atoms with E-state index in [0.29, 0.717) is 6.42 Å². The monoisotopic (exact) mass is 367 g/mol. The van der Waals surface area contributed by atoms with Gasteiger partial charge in [0.15, 0.2) is 0 Å². The second kappa shape index (κ2) is 20.5. The fourth-order valence-corrected chi connectivity index (χ4v) is 3.21. The van der Waals surface area contributed by atoms with Crippen molar-refractivity contribution >= 4 is 5.91 Å². The Morgan fingerprint density at radius 1 is 0.808 bits per heavy atom. The summed E-state index contributed by atoms with van der Waals surface area (Å²) >= 11 is 0. The minimum Gasteiger partial charge on any atom is -0.394 e. The molecule has 0 aromatic heterocycles. The van der Waals surface area contributed by atoms with Gasteiger partial charge in [-0.2, -0.15) is 0 Å². The van der Waals surface area contributed by atoms with Crippen LogP contribution in [0.15, 0.2) is 12.2 Å². The highest BCUT2D eigenvalue weighted by molar-refractivity contribution is 5.76. The van der Waals surface area contributed by atoms with Gasteiger partial charge in [-0.1, -0.05) is 83.8 Å². The maximum Gasteiger partial charge on any atom is 0.220 e. The Kier molecular flexibility index (Phi) is 19.8. The van der Waals surface area contributed by atoms with Crippen LogP contribution < -0.4 is 5.32 Å². The van der Waals surface area contributed by atoms with Gasteiger partial charge in [0.1, 0.15) is 0 Å². The second-order valence-electron chi connectivity index (χ2n) is 7.57. The summed E-state index contributed by atoms with van der Waals surface area (Å²) in [5.74, 6) is 0.0927. The molecule has 0 rings (SSSR count). The second-order valence-corrected chi connectivity index (χ2v) is 7.57. The molecule has 1 unspecified atom stereocenters. The van der Waals surface area contributed by atoms with Crippen LogP contribution in [-0.4, -0.2) is 23.7 Å². The molecule has 2 N–H and O–H groups in total. The molecule has 3 heteroatoms. The first-order chi connectivity index (χ1) is 12.7. The maximum atomic E-state index is 11.8. The molecule has 0 radical (unpaired) electrons. The molecule has 0 bridgehead atoms. The van der Waals surface area contributed by atoms with Gasteiger partial charge in [0.2, 0.25) is 5.91 Å². The Bertz CT molecular complexity index is 328. The van der Waals surface area contributed by atoms with E-state index in [-0.39, 0.29) is 18.6 Å². The Balaban J connectivity index is 3.32. The third kappa shape index (κ3) is 18.0. The van der Waals surface area contributed by atoms with E-state index in [9.17, 15) is 9.90 Å². The Hall–Kier alpha value is -0.830. The molecule has 0 aliphatic rings. The minimum atomic E-state index is -0.0596. The van der Waals surface area contributed by atoms with Gasteiger partial charge in [-0.25, -0.2) is 0 Å². The van der Waals surface area contributed by atoms with Gasteiger partial charge in [0.25, 0.3) is 0 Å². The average molecular weight is 368 g/mol. The molecule has 0 heterocycles. The Labute approximate surface area is 163 Å². The number of aliphatic hydroxyl groups is 1. The Morgan fingerprint density at radius 2 is 1.35 bits per heavy atom. The van der Waals surface area contributed by atoms with Crippen LogP contribution in [0.4, 0.5) is 0 Å². The van der Waals surface area contributed by atoms with Gasteiger partial charge in [0.05, 0.1) is 12.6 Å². The van der Waals surface area contributed by atoms with Crippen molar-refractivity contribution in [3.63, 3.8) is 0 Å². The summed E-state index contributed by atoms with van der Waals surface area (Å²) in [4.78, 5) is 11.8. The molecule has 0 saturated heterocycles. The van der Waals surface area contributed by atoms with E-state index in [0.717, 1.165) is 25.7 Å². The van der Waals surface area contributed by atoms with Crippen molar-refractivity contribution in [3.05, 3.63) is 12.2 Å². The summed E-state index contributed by atoms with van der Waals surface area (Å²) in [6.07, 6.45) is 23.7.